The summed E-state index contributed by atoms with van der Waals surface area (Å²) in [6.07, 6.45) is -1.99. The predicted octanol–water partition coefficient (Wildman–Crippen LogP) is 3.37. The molecule has 0 saturated carbocycles. The predicted molar refractivity (Wildman–Crippen MR) is 89.8 cm³/mol. The lowest BCUT2D eigenvalue weighted by Crippen LogP contribution is -2.27. The van der Waals surface area contributed by atoms with Crippen LogP contribution >= 0.6 is 0 Å². The zero-order chi connectivity index (χ0) is 19.3. The number of halogens is 3. The second-order valence-electron chi connectivity index (χ2n) is 5.93. The molecule has 0 aromatic heterocycles. The van der Waals surface area contributed by atoms with E-state index >= 15 is 0 Å². The number of carbonyl (C=O) groups excluding carboxylic acids is 1. The van der Waals surface area contributed by atoms with E-state index in [1.807, 2.05) is 0 Å². The number of alkyl halides is 3. The fourth-order valence-electron chi connectivity index (χ4n) is 2.92. The van der Waals surface area contributed by atoms with Gasteiger partial charge in [-0.1, -0.05) is 0 Å². The number of hydrogen-bond acceptors (Lipinski definition) is 5. The van der Waals surface area contributed by atoms with E-state index in [-0.39, 0.29) is 12.0 Å². The van der Waals surface area contributed by atoms with E-state index in [4.69, 9.17) is 14.2 Å². The molecule has 5 nitrogen and oxygen atoms in total. The van der Waals surface area contributed by atoms with Crippen LogP contribution in [0, 0.1) is 0 Å². The normalized spacial score (nSPS) is 15.2. The van der Waals surface area contributed by atoms with Crippen LogP contribution in [0.5, 0.6) is 17.2 Å². The highest BCUT2D eigenvalue weighted by atomic mass is 19.4. The standard InChI is InChI=1S/C18H22F3NO4/c1-24-14-9-12(10-15(25-2)16(14)26-3)8-13(17(23)18(19,20)21)11-22-6-4-5-7-22/h9-11H,4-8H2,1-3H3/b13-11-. The largest absolute Gasteiger partial charge is 0.493 e. The molecule has 0 N–H and O–H groups in total. The first-order valence-electron chi connectivity index (χ1n) is 8.15. The van der Waals surface area contributed by atoms with Gasteiger partial charge in [0.2, 0.25) is 5.75 Å². The minimum atomic E-state index is -4.92. The lowest BCUT2D eigenvalue weighted by atomic mass is 10.0. The maximum absolute atomic E-state index is 13.0. The molecule has 0 bridgehead atoms. The minimum Gasteiger partial charge on any atom is -0.493 e. The average Bonchev–Trinajstić information content (AvgIpc) is 3.11. The van der Waals surface area contributed by atoms with Gasteiger partial charge in [-0.3, -0.25) is 4.79 Å². The highest BCUT2D eigenvalue weighted by molar-refractivity contribution is 5.99. The maximum atomic E-state index is 13.0. The summed E-state index contributed by atoms with van der Waals surface area (Å²) in [7, 11) is 4.28. The number of methoxy groups -OCH3 is 3. The molecule has 2 rings (SSSR count). The van der Waals surface area contributed by atoms with Gasteiger partial charge in [-0.15, -0.1) is 0 Å². The van der Waals surface area contributed by atoms with E-state index < -0.39 is 12.0 Å². The van der Waals surface area contributed by atoms with E-state index in [0.717, 1.165) is 12.8 Å². The molecule has 8 heteroatoms. The van der Waals surface area contributed by atoms with Gasteiger partial charge in [0, 0.05) is 31.3 Å². The molecular formula is C18H22F3NO4. The van der Waals surface area contributed by atoms with Crippen LogP contribution in [0.4, 0.5) is 13.2 Å². The number of hydrogen-bond donors (Lipinski definition) is 0. The summed E-state index contributed by atoms with van der Waals surface area (Å²) in [5.74, 6) is -0.854. The number of ketones is 1. The molecule has 1 aliphatic heterocycles. The fraction of sp³-hybridized carbons (Fsp3) is 0.500. The SMILES string of the molecule is COc1cc(C/C(=C/N2CCCC2)C(=O)C(F)(F)F)cc(OC)c1OC. The summed E-state index contributed by atoms with van der Waals surface area (Å²) in [6.45, 7) is 1.29. The van der Waals surface area contributed by atoms with E-state index in [2.05, 4.69) is 0 Å². The summed E-state index contributed by atoms with van der Waals surface area (Å²) in [6, 6.07) is 3.09. The zero-order valence-corrected chi connectivity index (χ0v) is 15.0. The number of Topliss-reactive ketones (excluding diaryl/α,β-unsaturated/α-hetero) is 1. The smallest absolute Gasteiger partial charge is 0.454 e. The van der Waals surface area contributed by atoms with Gasteiger partial charge < -0.3 is 19.1 Å². The molecule has 1 aliphatic rings. The molecule has 0 atom stereocenters. The zero-order valence-electron chi connectivity index (χ0n) is 15.0. The molecule has 0 amide bonds. The van der Waals surface area contributed by atoms with E-state index in [9.17, 15) is 18.0 Å². The third-order valence-corrected chi connectivity index (χ3v) is 4.15. The third-order valence-electron chi connectivity index (χ3n) is 4.15. The van der Waals surface area contributed by atoms with Gasteiger partial charge in [-0.2, -0.15) is 13.2 Å². The van der Waals surface area contributed by atoms with Gasteiger partial charge in [-0.25, -0.2) is 0 Å². The minimum absolute atomic E-state index is 0.189. The molecule has 0 spiro atoms. The second kappa shape index (κ2) is 8.33. The lowest BCUT2D eigenvalue weighted by Gasteiger charge is -2.18. The molecule has 1 heterocycles. The van der Waals surface area contributed by atoms with Crippen LogP contribution in [0.1, 0.15) is 18.4 Å². The first-order chi connectivity index (χ1) is 12.3. The van der Waals surface area contributed by atoms with Gasteiger partial charge >= 0.3 is 6.18 Å². The number of benzene rings is 1. The van der Waals surface area contributed by atoms with Gasteiger partial charge in [-0.05, 0) is 30.5 Å². The maximum Gasteiger partial charge on any atom is 0.454 e. The van der Waals surface area contributed by atoms with Crippen LogP contribution in [0.25, 0.3) is 0 Å². The van der Waals surface area contributed by atoms with Gasteiger partial charge in [0.25, 0.3) is 5.78 Å². The Bertz CT molecular complexity index is 654. The molecule has 1 aromatic carbocycles. The molecular weight excluding hydrogens is 351 g/mol. The van der Waals surface area contributed by atoms with E-state index in [1.165, 1.54) is 27.5 Å². The molecule has 144 valence electrons. The summed E-state index contributed by atoms with van der Waals surface area (Å²) >= 11 is 0. The summed E-state index contributed by atoms with van der Waals surface area (Å²) in [5.41, 5.74) is 0.149. The van der Waals surface area contributed by atoms with Crippen LogP contribution in [-0.4, -0.2) is 51.3 Å². The Hall–Kier alpha value is -2.38. The van der Waals surface area contributed by atoms with Crippen LogP contribution < -0.4 is 14.2 Å². The van der Waals surface area contributed by atoms with Gasteiger partial charge in [0.05, 0.1) is 21.3 Å². The molecule has 0 unspecified atom stereocenters. The van der Waals surface area contributed by atoms with Crippen LogP contribution in [0.3, 0.4) is 0 Å². The van der Waals surface area contributed by atoms with Crippen molar-refractivity contribution in [1.29, 1.82) is 0 Å². The van der Waals surface area contributed by atoms with Gasteiger partial charge in [0.1, 0.15) is 0 Å². The monoisotopic (exact) mass is 373 g/mol. The van der Waals surface area contributed by atoms with Crippen LogP contribution in [0.15, 0.2) is 23.9 Å². The highest BCUT2D eigenvalue weighted by Crippen LogP contribution is 2.39. The number of likely N-dealkylation sites (tertiary alicyclic amines) is 1. The summed E-state index contributed by atoms with van der Waals surface area (Å²) in [4.78, 5) is 13.6. The molecule has 0 aliphatic carbocycles. The van der Waals surface area contributed by atoms with Crippen LogP contribution in [-0.2, 0) is 11.2 Å². The van der Waals surface area contributed by atoms with Crippen molar-refractivity contribution >= 4 is 5.78 Å². The number of carbonyl (C=O) groups is 1. The van der Waals surface area contributed by atoms with Crippen molar-refractivity contribution in [3.8, 4) is 17.2 Å². The summed E-state index contributed by atoms with van der Waals surface area (Å²) in [5, 5.41) is 0. The fourth-order valence-corrected chi connectivity index (χ4v) is 2.92. The quantitative estimate of drug-likeness (QED) is 0.686. The number of allylic oxidation sites excluding steroid dienone is 1. The van der Waals surface area contributed by atoms with Crippen molar-refractivity contribution in [1.82, 2.24) is 4.90 Å². The van der Waals surface area contributed by atoms with Crippen molar-refractivity contribution in [2.24, 2.45) is 0 Å². The molecule has 0 radical (unpaired) electrons. The first-order valence-corrected chi connectivity index (χ1v) is 8.15. The van der Waals surface area contributed by atoms with Crippen molar-refractivity contribution in [3.63, 3.8) is 0 Å². The Balaban J connectivity index is 2.40. The van der Waals surface area contributed by atoms with E-state index in [1.54, 1.807) is 17.0 Å². The second-order valence-corrected chi connectivity index (χ2v) is 5.93. The van der Waals surface area contributed by atoms with Crippen molar-refractivity contribution in [2.45, 2.75) is 25.4 Å². The Morgan fingerprint density at radius 3 is 2.04 bits per heavy atom. The Kier molecular flexibility index (Phi) is 6.39. The molecule has 1 saturated heterocycles. The van der Waals surface area contributed by atoms with Crippen LogP contribution in [0.2, 0.25) is 0 Å². The number of rotatable bonds is 7. The van der Waals surface area contributed by atoms with Crippen molar-refractivity contribution in [3.05, 3.63) is 29.5 Å². The van der Waals surface area contributed by atoms with Gasteiger partial charge in [0.15, 0.2) is 11.5 Å². The third kappa shape index (κ3) is 4.62. The molecule has 1 aromatic rings. The van der Waals surface area contributed by atoms with Crippen molar-refractivity contribution in [2.75, 3.05) is 34.4 Å². The number of nitrogens with zero attached hydrogens (tertiary/aromatic N) is 1. The molecule has 26 heavy (non-hydrogen) atoms. The highest BCUT2D eigenvalue weighted by Gasteiger charge is 2.40. The topological polar surface area (TPSA) is 48.0 Å². The average molecular weight is 373 g/mol. The number of ether oxygens (including phenoxy) is 3. The lowest BCUT2D eigenvalue weighted by molar-refractivity contribution is -0.166. The Morgan fingerprint density at radius 1 is 1.08 bits per heavy atom. The van der Waals surface area contributed by atoms with Crippen molar-refractivity contribution < 1.29 is 32.2 Å². The van der Waals surface area contributed by atoms with E-state index in [0.29, 0.717) is 35.9 Å². The summed E-state index contributed by atoms with van der Waals surface area (Å²) < 4.78 is 54.7. The Morgan fingerprint density at radius 2 is 1.62 bits per heavy atom. The molecule has 1 fully saturated rings. The first kappa shape index (κ1) is 19.9. The Labute approximate surface area is 150 Å².